The Kier molecular flexibility index (Phi) is 3.70. The van der Waals surface area contributed by atoms with E-state index in [0.29, 0.717) is 5.56 Å². The fourth-order valence-corrected chi connectivity index (χ4v) is 2.31. The highest BCUT2D eigenvalue weighted by atomic mass is 79.9. The quantitative estimate of drug-likeness (QED) is 0.605. The number of allylic oxidation sites excluding steroid dienone is 1. The summed E-state index contributed by atoms with van der Waals surface area (Å²) in [5.41, 5.74) is 1.76. The molecule has 1 nitrogen and oxygen atoms in total. The number of ketones is 1. The molecule has 0 saturated carbocycles. The Morgan fingerprint density at radius 3 is 2.88 bits per heavy atom. The lowest BCUT2D eigenvalue weighted by molar-refractivity contribution is 0.104. The van der Waals surface area contributed by atoms with Crippen molar-refractivity contribution in [3.63, 3.8) is 0 Å². The molecule has 2 aromatic rings. The molecule has 2 rings (SSSR count). The van der Waals surface area contributed by atoms with E-state index in [1.165, 1.54) is 0 Å². The molecular weight excluding hydrogens is 284 g/mol. The minimum absolute atomic E-state index is 0.0208. The van der Waals surface area contributed by atoms with E-state index in [1.807, 2.05) is 47.2 Å². The number of thiophene rings is 1. The smallest absolute Gasteiger partial charge is 0.185 e. The molecule has 0 aliphatic rings. The zero-order chi connectivity index (χ0) is 11.4. The number of carbonyl (C=O) groups is 1. The molecule has 0 spiro atoms. The molecule has 0 unspecified atom stereocenters. The van der Waals surface area contributed by atoms with Crippen LogP contribution in [0.2, 0.25) is 0 Å². The molecule has 1 aromatic carbocycles. The lowest BCUT2D eigenvalue weighted by atomic mass is 10.1. The van der Waals surface area contributed by atoms with Crippen molar-refractivity contribution in [1.82, 2.24) is 0 Å². The Bertz CT molecular complexity index is 514. The minimum atomic E-state index is 0.0208. The van der Waals surface area contributed by atoms with Gasteiger partial charge in [-0.15, -0.1) is 0 Å². The van der Waals surface area contributed by atoms with E-state index in [-0.39, 0.29) is 5.78 Å². The fourth-order valence-electron chi connectivity index (χ4n) is 1.28. The van der Waals surface area contributed by atoms with Crippen molar-refractivity contribution in [2.24, 2.45) is 0 Å². The van der Waals surface area contributed by atoms with Gasteiger partial charge in [-0.3, -0.25) is 4.79 Å². The Morgan fingerprint density at radius 2 is 2.19 bits per heavy atom. The predicted molar refractivity (Wildman–Crippen MR) is 71.8 cm³/mol. The van der Waals surface area contributed by atoms with Crippen molar-refractivity contribution in [1.29, 1.82) is 0 Å². The third-order valence-corrected chi connectivity index (χ3v) is 3.27. The molecule has 0 amide bonds. The van der Waals surface area contributed by atoms with Crippen LogP contribution in [0.5, 0.6) is 0 Å². The molecule has 0 atom stereocenters. The second-order valence-electron chi connectivity index (χ2n) is 3.26. The van der Waals surface area contributed by atoms with Crippen molar-refractivity contribution in [3.05, 3.63) is 62.8 Å². The van der Waals surface area contributed by atoms with E-state index in [1.54, 1.807) is 17.4 Å². The summed E-state index contributed by atoms with van der Waals surface area (Å²) in [7, 11) is 0. The Labute approximate surface area is 107 Å². The van der Waals surface area contributed by atoms with Crippen LogP contribution >= 0.6 is 27.3 Å². The molecule has 0 aliphatic heterocycles. The zero-order valence-electron chi connectivity index (χ0n) is 8.39. The summed E-state index contributed by atoms with van der Waals surface area (Å²) >= 11 is 4.97. The minimum Gasteiger partial charge on any atom is -0.289 e. The summed E-state index contributed by atoms with van der Waals surface area (Å²) in [6.45, 7) is 0. The standard InChI is InChI=1S/C13H9BrOS/c14-12-3-1-2-11(8-12)13(15)5-4-10-6-7-16-9-10/h1-9H/b5-4+. The number of carbonyl (C=O) groups excluding carboxylic acids is 1. The Hall–Kier alpha value is -1.19. The third-order valence-electron chi connectivity index (χ3n) is 2.08. The van der Waals surface area contributed by atoms with Crippen molar-refractivity contribution in [3.8, 4) is 0 Å². The summed E-state index contributed by atoms with van der Waals surface area (Å²) in [6, 6.07) is 9.37. The molecule has 0 saturated heterocycles. The average molecular weight is 293 g/mol. The molecule has 0 fully saturated rings. The molecule has 3 heteroatoms. The van der Waals surface area contributed by atoms with Gasteiger partial charge in [0.25, 0.3) is 0 Å². The van der Waals surface area contributed by atoms with Crippen LogP contribution < -0.4 is 0 Å². The largest absolute Gasteiger partial charge is 0.289 e. The van der Waals surface area contributed by atoms with E-state index in [0.717, 1.165) is 10.0 Å². The maximum atomic E-state index is 11.8. The lowest BCUT2D eigenvalue weighted by Crippen LogP contribution is -1.93. The maximum absolute atomic E-state index is 11.8. The van der Waals surface area contributed by atoms with E-state index in [9.17, 15) is 4.79 Å². The second kappa shape index (κ2) is 5.23. The summed E-state index contributed by atoms with van der Waals surface area (Å²) < 4.78 is 0.919. The number of rotatable bonds is 3. The first-order chi connectivity index (χ1) is 7.75. The molecule has 0 N–H and O–H groups in total. The van der Waals surface area contributed by atoms with Gasteiger partial charge in [-0.25, -0.2) is 0 Å². The first kappa shape index (κ1) is 11.3. The van der Waals surface area contributed by atoms with Crippen LogP contribution in [0.15, 0.2) is 51.6 Å². The van der Waals surface area contributed by atoms with Crippen LogP contribution in [0, 0.1) is 0 Å². The highest BCUT2D eigenvalue weighted by Crippen LogP contribution is 2.13. The molecular formula is C13H9BrOS. The predicted octanol–water partition coefficient (Wildman–Crippen LogP) is 4.41. The Balaban J connectivity index is 2.15. The van der Waals surface area contributed by atoms with Gasteiger partial charge in [0, 0.05) is 10.0 Å². The van der Waals surface area contributed by atoms with Crippen molar-refractivity contribution in [2.45, 2.75) is 0 Å². The third kappa shape index (κ3) is 2.90. The van der Waals surface area contributed by atoms with Gasteiger partial charge in [-0.05, 0) is 40.6 Å². The molecule has 16 heavy (non-hydrogen) atoms. The van der Waals surface area contributed by atoms with E-state index >= 15 is 0 Å². The SMILES string of the molecule is O=C(/C=C/c1ccsc1)c1cccc(Br)c1. The normalized spacial score (nSPS) is 10.8. The summed E-state index contributed by atoms with van der Waals surface area (Å²) in [6.07, 6.45) is 3.43. The van der Waals surface area contributed by atoms with Gasteiger partial charge in [0.15, 0.2) is 5.78 Å². The van der Waals surface area contributed by atoms with Crippen molar-refractivity contribution >= 4 is 39.1 Å². The van der Waals surface area contributed by atoms with Crippen LogP contribution in [0.4, 0.5) is 0 Å². The van der Waals surface area contributed by atoms with Crippen LogP contribution in [-0.2, 0) is 0 Å². The van der Waals surface area contributed by atoms with Crippen molar-refractivity contribution < 1.29 is 4.79 Å². The molecule has 1 heterocycles. The molecule has 80 valence electrons. The van der Waals surface area contributed by atoms with Crippen LogP contribution in [-0.4, -0.2) is 5.78 Å². The maximum Gasteiger partial charge on any atom is 0.185 e. The van der Waals surface area contributed by atoms with Gasteiger partial charge in [0.1, 0.15) is 0 Å². The average Bonchev–Trinajstić information content (AvgIpc) is 2.78. The number of benzene rings is 1. The van der Waals surface area contributed by atoms with Gasteiger partial charge in [-0.1, -0.05) is 34.1 Å². The number of hydrogen-bond acceptors (Lipinski definition) is 2. The van der Waals surface area contributed by atoms with Gasteiger partial charge < -0.3 is 0 Å². The molecule has 0 radical (unpaired) electrons. The highest BCUT2D eigenvalue weighted by molar-refractivity contribution is 9.10. The first-order valence-electron chi connectivity index (χ1n) is 4.76. The van der Waals surface area contributed by atoms with Gasteiger partial charge in [0.2, 0.25) is 0 Å². The van der Waals surface area contributed by atoms with E-state index in [2.05, 4.69) is 15.9 Å². The summed E-state index contributed by atoms with van der Waals surface area (Å²) in [5, 5.41) is 3.99. The monoisotopic (exact) mass is 292 g/mol. The van der Waals surface area contributed by atoms with E-state index < -0.39 is 0 Å². The van der Waals surface area contributed by atoms with Gasteiger partial charge >= 0.3 is 0 Å². The molecule has 1 aromatic heterocycles. The molecule has 0 aliphatic carbocycles. The fraction of sp³-hybridized carbons (Fsp3) is 0. The van der Waals surface area contributed by atoms with Crippen LogP contribution in [0.25, 0.3) is 6.08 Å². The Morgan fingerprint density at radius 1 is 1.31 bits per heavy atom. The highest BCUT2D eigenvalue weighted by Gasteiger charge is 2.01. The number of halogens is 1. The number of hydrogen-bond donors (Lipinski definition) is 0. The second-order valence-corrected chi connectivity index (χ2v) is 4.96. The summed E-state index contributed by atoms with van der Waals surface area (Å²) in [5.74, 6) is 0.0208. The molecule has 0 bridgehead atoms. The lowest BCUT2D eigenvalue weighted by Gasteiger charge is -1.95. The van der Waals surface area contributed by atoms with Gasteiger partial charge in [-0.2, -0.15) is 11.3 Å². The van der Waals surface area contributed by atoms with Crippen LogP contribution in [0.3, 0.4) is 0 Å². The van der Waals surface area contributed by atoms with Crippen molar-refractivity contribution in [2.75, 3.05) is 0 Å². The van der Waals surface area contributed by atoms with Gasteiger partial charge in [0.05, 0.1) is 0 Å². The summed E-state index contributed by atoms with van der Waals surface area (Å²) in [4.78, 5) is 11.8. The first-order valence-corrected chi connectivity index (χ1v) is 6.49. The van der Waals surface area contributed by atoms with Crippen LogP contribution in [0.1, 0.15) is 15.9 Å². The van der Waals surface area contributed by atoms with E-state index in [4.69, 9.17) is 0 Å². The zero-order valence-corrected chi connectivity index (χ0v) is 10.8. The topological polar surface area (TPSA) is 17.1 Å².